The predicted octanol–water partition coefficient (Wildman–Crippen LogP) is 1.27. The smallest absolute Gasteiger partial charge is 0.282 e. The van der Waals surface area contributed by atoms with E-state index < -0.39 is 46.2 Å². The van der Waals surface area contributed by atoms with Gasteiger partial charge in [0.25, 0.3) is 20.2 Å². The van der Waals surface area contributed by atoms with E-state index >= 15 is 0 Å². The van der Waals surface area contributed by atoms with Crippen LogP contribution < -0.4 is 10.4 Å². The molecule has 10 heteroatoms. The van der Waals surface area contributed by atoms with Crippen molar-refractivity contribution < 1.29 is 25.9 Å². The molecule has 6 nitrogen and oxygen atoms in total. The normalized spacial score (nSPS) is 14.2. The minimum Gasteiger partial charge on any atom is -0.282 e. The van der Waals surface area contributed by atoms with E-state index in [0.717, 1.165) is 6.07 Å². The first-order valence-corrected chi connectivity index (χ1v) is 16.5. The van der Waals surface area contributed by atoms with Crippen LogP contribution >= 0.6 is 0 Å². The van der Waals surface area contributed by atoms with Crippen molar-refractivity contribution in [3.8, 4) is 0 Å². The van der Waals surface area contributed by atoms with E-state index in [1.807, 2.05) is 39.3 Å². The van der Waals surface area contributed by atoms with E-state index in [0.29, 0.717) is 10.4 Å². The number of rotatable bonds is 4. The van der Waals surface area contributed by atoms with Gasteiger partial charge in [0, 0.05) is 0 Å². The van der Waals surface area contributed by atoms with Crippen molar-refractivity contribution in [3.63, 3.8) is 0 Å². The van der Waals surface area contributed by atoms with Crippen molar-refractivity contribution in [3.05, 3.63) is 12.1 Å². The third-order valence-electron chi connectivity index (χ3n) is 3.25. The highest BCUT2D eigenvalue weighted by atomic mass is 32.2. The second-order valence-electron chi connectivity index (χ2n) is 7.29. The van der Waals surface area contributed by atoms with Crippen molar-refractivity contribution in [1.29, 1.82) is 0 Å². The maximum Gasteiger partial charge on any atom is 0.294 e. The van der Waals surface area contributed by atoms with Crippen LogP contribution in [0.2, 0.25) is 39.3 Å². The molecular weight excluding hydrogens is 360 g/mol. The lowest BCUT2D eigenvalue weighted by molar-refractivity contribution is 0.482. The van der Waals surface area contributed by atoms with Crippen LogP contribution in [0.15, 0.2) is 21.9 Å². The molecule has 1 rings (SSSR count). The van der Waals surface area contributed by atoms with Gasteiger partial charge in [0.15, 0.2) is 0 Å². The Hall–Kier alpha value is -0.526. The fourth-order valence-electron chi connectivity index (χ4n) is 2.16. The molecule has 1 aromatic rings. The minimum atomic E-state index is -4.59. The molecule has 2 N–H and O–H groups in total. The Morgan fingerprint density at radius 3 is 1.14 bits per heavy atom. The highest BCUT2D eigenvalue weighted by molar-refractivity contribution is 7.87. The first-order valence-electron chi connectivity index (χ1n) is 6.59. The van der Waals surface area contributed by atoms with Gasteiger partial charge in [0.05, 0.1) is 25.9 Å². The molecule has 1 aromatic carbocycles. The van der Waals surface area contributed by atoms with Crippen LogP contribution in [-0.2, 0) is 20.2 Å². The van der Waals surface area contributed by atoms with Gasteiger partial charge >= 0.3 is 0 Å². The summed E-state index contributed by atoms with van der Waals surface area (Å²) in [4.78, 5) is -0.859. The molecule has 0 spiro atoms. The number of benzene rings is 1. The number of hydrogen-bond acceptors (Lipinski definition) is 4. The van der Waals surface area contributed by atoms with Crippen LogP contribution in [0.25, 0.3) is 0 Å². The van der Waals surface area contributed by atoms with Gasteiger partial charge in [-0.3, -0.25) is 9.11 Å². The van der Waals surface area contributed by atoms with Gasteiger partial charge in [-0.25, -0.2) is 0 Å². The van der Waals surface area contributed by atoms with Crippen LogP contribution in [0.1, 0.15) is 0 Å². The molecule has 0 aliphatic heterocycles. The lowest BCUT2D eigenvalue weighted by atomic mass is 10.3. The summed E-state index contributed by atoms with van der Waals surface area (Å²) in [5.74, 6) is 0. The molecule has 0 unspecified atom stereocenters. The lowest BCUT2D eigenvalue weighted by Crippen LogP contribution is -2.49. The maximum absolute atomic E-state index is 11.7. The van der Waals surface area contributed by atoms with Crippen LogP contribution in [-0.4, -0.2) is 42.1 Å². The summed E-state index contributed by atoms with van der Waals surface area (Å²) < 4.78 is 65.5. The van der Waals surface area contributed by atoms with Crippen molar-refractivity contribution >= 4 is 46.8 Å². The van der Waals surface area contributed by atoms with Crippen molar-refractivity contribution in [1.82, 2.24) is 0 Å². The van der Waals surface area contributed by atoms with E-state index in [2.05, 4.69) is 0 Å². The molecule has 0 amide bonds. The third kappa shape index (κ3) is 4.27. The van der Waals surface area contributed by atoms with Gasteiger partial charge in [0.1, 0.15) is 0 Å². The maximum atomic E-state index is 11.7. The van der Waals surface area contributed by atoms with E-state index in [1.165, 1.54) is 0 Å². The average molecular weight is 383 g/mol. The number of hydrogen-bond donors (Lipinski definition) is 2. The predicted molar refractivity (Wildman–Crippen MR) is 92.0 cm³/mol. The van der Waals surface area contributed by atoms with Gasteiger partial charge in [0.2, 0.25) is 0 Å². The summed E-state index contributed by atoms with van der Waals surface area (Å²) >= 11 is 0. The summed E-state index contributed by atoms with van der Waals surface area (Å²) in [5, 5.41) is 0.916. The zero-order valence-corrected chi connectivity index (χ0v) is 17.1. The van der Waals surface area contributed by atoms with Gasteiger partial charge < -0.3 is 0 Å². The molecule has 0 aliphatic carbocycles. The Morgan fingerprint density at radius 2 is 0.955 bits per heavy atom. The first kappa shape index (κ1) is 19.5. The molecule has 0 atom stereocenters. The van der Waals surface area contributed by atoms with Gasteiger partial charge in [-0.05, 0) is 16.4 Å². The highest BCUT2D eigenvalue weighted by Gasteiger charge is 2.33. The van der Waals surface area contributed by atoms with Gasteiger partial charge in [-0.2, -0.15) is 16.8 Å². The van der Waals surface area contributed by atoms with Gasteiger partial charge in [-0.1, -0.05) is 45.3 Å². The molecular formula is C12H22O6S2Si2. The summed E-state index contributed by atoms with van der Waals surface area (Å²) in [6.07, 6.45) is 0. The fraction of sp³-hybridized carbons (Fsp3) is 0.500. The SMILES string of the molecule is C[Si](C)(C)c1cc([Si](C)(C)C)c(S(=O)(=O)O)cc1S(=O)(=O)O. The van der Waals surface area contributed by atoms with Crippen LogP contribution in [0.5, 0.6) is 0 Å². The Balaban J connectivity index is 4.07. The monoisotopic (exact) mass is 382 g/mol. The molecule has 126 valence electrons. The highest BCUT2D eigenvalue weighted by Crippen LogP contribution is 2.19. The Bertz CT molecular complexity index is 734. The lowest BCUT2D eigenvalue weighted by Gasteiger charge is -2.26. The van der Waals surface area contributed by atoms with Crippen molar-refractivity contribution in [2.24, 2.45) is 0 Å². The largest absolute Gasteiger partial charge is 0.294 e. The summed E-state index contributed by atoms with van der Waals surface area (Å²) in [6.45, 7) is 11.4. The summed E-state index contributed by atoms with van der Waals surface area (Å²) in [6, 6.07) is 2.44. The molecule has 0 aromatic heterocycles. The van der Waals surface area contributed by atoms with E-state index in [4.69, 9.17) is 0 Å². The van der Waals surface area contributed by atoms with Crippen molar-refractivity contribution in [2.75, 3.05) is 0 Å². The first-order chi connectivity index (χ1) is 9.45. The van der Waals surface area contributed by atoms with Crippen LogP contribution in [0.4, 0.5) is 0 Å². The molecule has 0 bridgehead atoms. The zero-order valence-electron chi connectivity index (χ0n) is 13.5. The molecule has 0 radical (unpaired) electrons. The Labute approximate surface area is 134 Å². The summed E-state index contributed by atoms with van der Waals surface area (Å²) in [5.41, 5.74) is 0. The second-order valence-corrected chi connectivity index (χ2v) is 20.2. The Kier molecular flexibility index (Phi) is 4.91. The van der Waals surface area contributed by atoms with E-state index in [1.54, 1.807) is 6.07 Å². The molecule has 0 heterocycles. The molecule has 0 aliphatic rings. The van der Waals surface area contributed by atoms with Gasteiger partial charge in [-0.15, -0.1) is 0 Å². The molecule has 0 saturated carbocycles. The second kappa shape index (κ2) is 5.53. The summed E-state index contributed by atoms with van der Waals surface area (Å²) in [7, 11) is -13.5. The topological polar surface area (TPSA) is 109 Å². The quantitative estimate of drug-likeness (QED) is 0.599. The molecule has 22 heavy (non-hydrogen) atoms. The van der Waals surface area contributed by atoms with Crippen LogP contribution in [0.3, 0.4) is 0 Å². The van der Waals surface area contributed by atoms with E-state index in [9.17, 15) is 25.9 Å². The Morgan fingerprint density at radius 1 is 0.682 bits per heavy atom. The molecule has 0 fully saturated rings. The van der Waals surface area contributed by atoms with E-state index in [-0.39, 0.29) is 0 Å². The zero-order chi connectivity index (χ0) is 17.7. The third-order valence-corrected chi connectivity index (χ3v) is 9.46. The fourth-order valence-corrected chi connectivity index (χ4v) is 8.97. The minimum absolute atomic E-state index is 0.429. The van der Waals surface area contributed by atoms with Crippen LogP contribution in [0, 0.1) is 0 Å². The average Bonchev–Trinajstić information content (AvgIpc) is 2.22. The standard InChI is InChI=1S/C12H22O6S2Si2/c1-21(2,3)11-8-12(22(4,5)6)10(20(16,17)18)7-9(11)19(13,14)15/h7-8H,1-6H3,(H,13,14,15)(H,16,17,18). The molecule has 0 saturated heterocycles. The van der Waals surface area contributed by atoms with Crippen molar-refractivity contribution in [2.45, 2.75) is 49.1 Å².